The standard InChI is InChI=1S/C21H35N5/c1-3-10-20-18(8-1)22-12-13-23-19-9-2-4-11-21(19)25-15-17-7-5-6-16(26-17)14-24-20/h5-7,18-25H,1-4,8-15H2/t18-,19?,20-,21-/m1/s1. The SMILES string of the molecule is c1cc2nc(c1)CN[C@@H]1CCCC[C@H]1NCCNC1CCCC[C@H]1NC2. The molecule has 1 aliphatic heterocycles. The maximum atomic E-state index is 4.89. The summed E-state index contributed by atoms with van der Waals surface area (Å²) in [7, 11) is 0. The van der Waals surface area contributed by atoms with Gasteiger partial charge in [-0.25, -0.2) is 0 Å². The van der Waals surface area contributed by atoms with Crippen LogP contribution in [-0.2, 0) is 13.1 Å². The molecule has 4 atom stereocenters. The van der Waals surface area contributed by atoms with Gasteiger partial charge in [0.25, 0.3) is 0 Å². The molecule has 0 spiro atoms. The minimum Gasteiger partial charge on any atom is -0.311 e. The van der Waals surface area contributed by atoms with Gasteiger partial charge in [0.05, 0.1) is 11.4 Å². The van der Waals surface area contributed by atoms with Gasteiger partial charge in [-0.1, -0.05) is 31.7 Å². The molecule has 2 aliphatic carbocycles. The van der Waals surface area contributed by atoms with Crippen molar-refractivity contribution in [2.45, 2.75) is 88.6 Å². The number of hydrogen-bond acceptors (Lipinski definition) is 5. The zero-order chi connectivity index (χ0) is 17.6. The predicted molar refractivity (Wildman–Crippen MR) is 106 cm³/mol. The number of pyridine rings is 1. The number of rotatable bonds is 0. The van der Waals surface area contributed by atoms with Crippen LogP contribution in [-0.4, -0.2) is 42.2 Å². The molecule has 0 radical (unpaired) electrons. The van der Waals surface area contributed by atoms with Crippen LogP contribution in [0.25, 0.3) is 0 Å². The summed E-state index contributed by atoms with van der Waals surface area (Å²) in [5.74, 6) is 0. The molecule has 2 saturated carbocycles. The Balaban J connectivity index is 1.47. The Morgan fingerprint density at radius 1 is 0.615 bits per heavy atom. The fraction of sp³-hybridized carbons (Fsp3) is 0.762. The maximum absolute atomic E-state index is 4.89. The minimum absolute atomic E-state index is 0.569. The van der Waals surface area contributed by atoms with Crippen molar-refractivity contribution < 1.29 is 0 Å². The van der Waals surface area contributed by atoms with E-state index in [1.165, 1.54) is 62.8 Å². The highest BCUT2D eigenvalue weighted by atomic mass is 15.1. The third-order valence-electron chi connectivity index (χ3n) is 6.43. The highest BCUT2D eigenvalue weighted by Gasteiger charge is 2.26. The topological polar surface area (TPSA) is 61.0 Å². The van der Waals surface area contributed by atoms with Crippen molar-refractivity contribution >= 4 is 0 Å². The Labute approximate surface area is 158 Å². The molecular formula is C21H35N5. The molecule has 4 N–H and O–H groups in total. The molecule has 2 heterocycles. The highest BCUT2D eigenvalue weighted by molar-refractivity contribution is 5.12. The first-order valence-electron chi connectivity index (χ1n) is 10.8. The van der Waals surface area contributed by atoms with E-state index < -0.39 is 0 Å². The van der Waals surface area contributed by atoms with E-state index in [4.69, 9.17) is 4.98 Å². The third-order valence-corrected chi connectivity index (χ3v) is 6.43. The van der Waals surface area contributed by atoms with Gasteiger partial charge in [-0.2, -0.15) is 0 Å². The lowest BCUT2D eigenvalue weighted by Crippen LogP contribution is -2.53. The van der Waals surface area contributed by atoms with Crippen molar-refractivity contribution in [1.29, 1.82) is 0 Å². The number of nitrogens with one attached hydrogen (secondary N) is 4. The quantitative estimate of drug-likeness (QED) is 0.573. The van der Waals surface area contributed by atoms with Gasteiger partial charge in [-0.05, 0) is 37.8 Å². The first-order chi connectivity index (χ1) is 12.9. The average molecular weight is 358 g/mol. The third kappa shape index (κ3) is 4.83. The van der Waals surface area contributed by atoms with E-state index in [0.717, 1.165) is 26.2 Å². The van der Waals surface area contributed by atoms with Gasteiger partial charge in [-0.15, -0.1) is 0 Å². The Hall–Kier alpha value is -1.01. The van der Waals surface area contributed by atoms with Crippen molar-refractivity contribution in [3.8, 4) is 0 Å². The van der Waals surface area contributed by atoms with Crippen LogP contribution in [0.15, 0.2) is 18.2 Å². The first kappa shape index (κ1) is 18.4. The predicted octanol–water partition coefficient (Wildman–Crippen LogP) is 2.08. The van der Waals surface area contributed by atoms with E-state index in [1.54, 1.807) is 0 Å². The second-order valence-corrected chi connectivity index (χ2v) is 8.29. The van der Waals surface area contributed by atoms with E-state index in [2.05, 4.69) is 39.5 Å². The molecule has 5 nitrogen and oxygen atoms in total. The normalized spacial score (nSPS) is 34.0. The molecule has 1 aromatic rings. The van der Waals surface area contributed by atoms with Crippen LogP contribution in [0.4, 0.5) is 0 Å². The monoisotopic (exact) mass is 357 g/mol. The Bertz CT molecular complexity index is 518. The summed E-state index contributed by atoms with van der Waals surface area (Å²) in [5.41, 5.74) is 2.34. The molecule has 144 valence electrons. The van der Waals surface area contributed by atoms with Crippen molar-refractivity contribution in [2.24, 2.45) is 0 Å². The van der Waals surface area contributed by atoms with Crippen molar-refractivity contribution in [1.82, 2.24) is 26.3 Å². The smallest absolute Gasteiger partial charge is 0.0545 e. The van der Waals surface area contributed by atoms with Crippen LogP contribution >= 0.6 is 0 Å². The van der Waals surface area contributed by atoms with Gasteiger partial charge in [0.15, 0.2) is 0 Å². The maximum Gasteiger partial charge on any atom is 0.0545 e. The molecule has 1 unspecified atom stereocenters. The van der Waals surface area contributed by atoms with E-state index in [0.29, 0.717) is 24.2 Å². The molecule has 2 bridgehead atoms. The summed E-state index contributed by atoms with van der Waals surface area (Å²) in [6.45, 7) is 3.89. The van der Waals surface area contributed by atoms with Crippen LogP contribution in [0, 0.1) is 0 Å². The fourth-order valence-electron chi connectivity index (χ4n) is 4.95. The van der Waals surface area contributed by atoms with Crippen molar-refractivity contribution in [2.75, 3.05) is 13.1 Å². The zero-order valence-corrected chi connectivity index (χ0v) is 16.0. The highest BCUT2D eigenvalue weighted by Crippen LogP contribution is 2.20. The Morgan fingerprint density at radius 3 is 1.50 bits per heavy atom. The summed E-state index contributed by atoms with van der Waals surface area (Å²) in [4.78, 5) is 4.89. The van der Waals surface area contributed by atoms with E-state index in [9.17, 15) is 0 Å². The van der Waals surface area contributed by atoms with Gasteiger partial charge in [0, 0.05) is 50.3 Å². The summed E-state index contributed by atoms with van der Waals surface area (Å²) < 4.78 is 0. The number of hydrogen-bond donors (Lipinski definition) is 4. The molecule has 3 aliphatic rings. The minimum atomic E-state index is 0.569. The molecule has 0 aromatic carbocycles. The Kier molecular flexibility index (Phi) is 6.54. The number of nitrogens with zero attached hydrogens (tertiary/aromatic N) is 1. The van der Waals surface area contributed by atoms with Gasteiger partial charge in [0.2, 0.25) is 0 Å². The molecule has 2 fully saturated rings. The van der Waals surface area contributed by atoms with Crippen LogP contribution in [0.3, 0.4) is 0 Å². The average Bonchev–Trinajstić information content (AvgIpc) is 2.69. The summed E-state index contributed by atoms with van der Waals surface area (Å²) in [5, 5.41) is 15.2. The second-order valence-electron chi connectivity index (χ2n) is 8.29. The fourth-order valence-corrected chi connectivity index (χ4v) is 4.95. The van der Waals surface area contributed by atoms with Crippen LogP contribution < -0.4 is 21.3 Å². The van der Waals surface area contributed by atoms with E-state index >= 15 is 0 Å². The lowest BCUT2D eigenvalue weighted by molar-refractivity contribution is 0.266. The van der Waals surface area contributed by atoms with Crippen LogP contribution in [0.2, 0.25) is 0 Å². The summed E-state index contributed by atoms with van der Waals surface area (Å²) in [6.07, 6.45) is 10.5. The van der Waals surface area contributed by atoms with Crippen molar-refractivity contribution in [3.63, 3.8) is 0 Å². The van der Waals surface area contributed by atoms with E-state index in [1.807, 2.05) is 0 Å². The number of fused-ring (bicyclic) bond motifs is 4. The Morgan fingerprint density at radius 2 is 1.04 bits per heavy atom. The van der Waals surface area contributed by atoms with Crippen LogP contribution in [0.1, 0.15) is 62.8 Å². The van der Waals surface area contributed by atoms with Gasteiger partial charge in [-0.3, -0.25) is 4.98 Å². The lowest BCUT2D eigenvalue weighted by atomic mass is 9.89. The second kappa shape index (κ2) is 9.27. The zero-order valence-electron chi connectivity index (χ0n) is 16.0. The molecule has 5 heteroatoms. The van der Waals surface area contributed by atoms with Gasteiger partial charge < -0.3 is 21.3 Å². The molecule has 4 rings (SSSR count). The molecule has 0 saturated heterocycles. The molecule has 0 amide bonds. The summed E-state index contributed by atoms with van der Waals surface area (Å²) in [6, 6.07) is 8.81. The summed E-state index contributed by atoms with van der Waals surface area (Å²) >= 11 is 0. The molecule has 1 aromatic heterocycles. The molecule has 26 heavy (non-hydrogen) atoms. The largest absolute Gasteiger partial charge is 0.311 e. The van der Waals surface area contributed by atoms with Crippen LogP contribution in [0.5, 0.6) is 0 Å². The number of aromatic nitrogens is 1. The first-order valence-corrected chi connectivity index (χ1v) is 10.8. The van der Waals surface area contributed by atoms with Gasteiger partial charge >= 0.3 is 0 Å². The lowest BCUT2D eigenvalue weighted by Gasteiger charge is -2.34. The van der Waals surface area contributed by atoms with Gasteiger partial charge in [0.1, 0.15) is 0 Å². The van der Waals surface area contributed by atoms with E-state index in [-0.39, 0.29) is 0 Å². The molecular weight excluding hydrogens is 322 g/mol. The van der Waals surface area contributed by atoms with Crippen molar-refractivity contribution in [3.05, 3.63) is 29.6 Å².